The number of hydrogen-bond donors (Lipinski definition) is 0. The third-order valence-electron chi connectivity index (χ3n) is 6.89. The van der Waals surface area contributed by atoms with Gasteiger partial charge in [-0.15, -0.1) is 0 Å². The quantitative estimate of drug-likeness (QED) is 0.483. The van der Waals surface area contributed by atoms with Crippen LogP contribution in [0.25, 0.3) is 0 Å². The van der Waals surface area contributed by atoms with Crippen LogP contribution >= 0.6 is 0 Å². The predicted molar refractivity (Wildman–Crippen MR) is 106 cm³/mol. The first-order valence-corrected chi connectivity index (χ1v) is 13.6. The molecule has 0 aromatic heterocycles. The fraction of sp³-hybridized carbons (Fsp3) is 0.864. The fourth-order valence-corrected chi connectivity index (χ4v) is 7.55. The Balaban J connectivity index is 1.70. The van der Waals surface area contributed by atoms with Crippen molar-refractivity contribution >= 4 is 14.1 Å². The third kappa shape index (κ3) is 3.91. The molecule has 3 saturated carbocycles. The van der Waals surface area contributed by atoms with E-state index in [9.17, 15) is 4.79 Å². The molecule has 3 rings (SSSR count). The minimum Gasteiger partial charge on any atom is -0.402 e. The van der Waals surface area contributed by atoms with Gasteiger partial charge in [0.1, 0.15) is 11.4 Å². The summed E-state index contributed by atoms with van der Waals surface area (Å²) >= 11 is 0. The van der Waals surface area contributed by atoms with Gasteiger partial charge in [0.05, 0.1) is 0 Å². The lowest BCUT2D eigenvalue weighted by Gasteiger charge is -2.43. The molecule has 0 N–H and O–H groups in total. The molecule has 3 aliphatic rings. The summed E-state index contributed by atoms with van der Waals surface area (Å²) in [6.07, 6.45) is 9.13. The molecule has 0 bridgehead atoms. The average molecular weight is 361 g/mol. The lowest BCUT2D eigenvalue weighted by molar-refractivity contribution is -0.130. The Labute approximate surface area is 155 Å². The van der Waals surface area contributed by atoms with Gasteiger partial charge in [0.15, 0.2) is 8.32 Å². The van der Waals surface area contributed by atoms with Crippen LogP contribution in [0.15, 0.2) is 0 Å². The Bertz CT molecular complexity index is 600. The fourth-order valence-electron chi connectivity index (χ4n) is 5.97. The summed E-state index contributed by atoms with van der Waals surface area (Å²) in [5.41, 5.74) is 0.296. The van der Waals surface area contributed by atoms with Crippen LogP contribution in [-0.2, 0) is 9.22 Å². The lowest BCUT2D eigenvalue weighted by Crippen LogP contribution is -2.40. The molecule has 0 saturated heterocycles. The van der Waals surface area contributed by atoms with E-state index < -0.39 is 8.32 Å². The average Bonchev–Trinajstić information content (AvgIpc) is 3.11. The van der Waals surface area contributed by atoms with E-state index in [4.69, 9.17) is 4.43 Å². The summed E-state index contributed by atoms with van der Waals surface area (Å²) < 4.78 is 6.23. The molecule has 3 aliphatic carbocycles. The molecule has 1 unspecified atom stereocenters. The van der Waals surface area contributed by atoms with E-state index in [-0.39, 0.29) is 11.0 Å². The van der Waals surface area contributed by atoms with Gasteiger partial charge in [-0.2, -0.15) is 0 Å². The van der Waals surface area contributed by atoms with Gasteiger partial charge in [-0.3, -0.25) is 4.79 Å². The van der Waals surface area contributed by atoms with Crippen LogP contribution < -0.4 is 0 Å². The molecule has 0 aliphatic heterocycles. The minimum absolute atomic E-state index is 0.248. The van der Waals surface area contributed by atoms with Crippen LogP contribution in [0.5, 0.6) is 0 Å². The molecule has 25 heavy (non-hydrogen) atoms. The van der Waals surface area contributed by atoms with Crippen LogP contribution in [0.3, 0.4) is 0 Å². The van der Waals surface area contributed by atoms with Crippen LogP contribution in [0, 0.1) is 34.5 Å². The first-order valence-electron chi connectivity index (χ1n) is 10.2. The molecule has 3 atom stereocenters. The highest BCUT2D eigenvalue weighted by molar-refractivity contribution is 6.69. The van der Waals surface area contributed by atoms with Crippen LogP contribution in [0.4, 0.5) is 0 Å². The normalized spacial score (nSPS) is 34.2. The Morgan fingerprint density at radius 2 is 1.88 bits per heavy atom. The molecule has 2 nitrogen and oxygen atoms in total. The number of carbonyl (C=O) groups is 1. The Hall–Kier alpha value is -0.593. The lowest BCUT2D eigenvalue weighted by atomic mass is 9.60. The summed E-state index contributed by atoms with van der Waals surface area (Å²) in [7, 11) is -1.58. The van der Waals surface area contributed by atoms with Gasteiger partial charge >= 0.3 is 0 Å². The van der Waals surface area contributed by atoms with E-state index in [2.05, 4.69) is 52.3 Å². The monoisotopic (exact) mass is 360 g/mol. The Morgan fingerprint density at radius 1 is 1.20 bits per heavy atom. The van der Waals surface area contributed by atoms with Crippen molar-refractivity contribution in [3.8, 4) is 11.8 Å². The van der Waals surface area contributed by atoms with Gasteiger partial charge in [-0.05, 0) is 88.8 Å². The molecule has 0 heterocycles. The van der Waals surface area contributed by atoms with Crippen molar-refractivity contribution in [3.63, 3.8) is 0 Å². The second kappa shape index (κ2) is 6.24. The number of fused-ring (bicyclic) bond motifs is 1. The summed E-state index contributed by atoms with van der Waals surface area (Å²) in [6, 6.07) is 0. The molecular formula is C22H36O2Si. The number of Topliss-reactive ketones (excluding diaryl/α,β-unsaturated/α-hetero) is 1. The molecule has 0 amide bonds. The van der Waals surface area contributed by atoms with Gasteiger partial charge in [-0.1, -0.05) is 18.8 Å². The molecule has 3 fully saturated rings. The van der Waals surface area contributed by atoms with E-state index in [1.165, 1.54) is 25.7 Å². The molecule has 0 radical (unpaired) electrons. The van der Waals surface area contributed by atoms with Crippen LogP contribution in [0.2, 0.25) is 19.6 Å². The zero-order valence-electron chi connectivity index (χ0n) is 17.1. The maximum Gasteiger partial charge on any atom is 0.185 e. The molecule has 3 heteroatoms. The highest BCUT2D eigenvalue weighted by atomic mass is 28.4. The summed E-state index contributed by atoms with van der Waals surface area (Å²) in [5.74, 6) is 8.52. The van der Waals surface area contributed by atoms with E-state index in [0.29, 0.717) is 23.0 Å². The van der Waals surface area contributed by atoms with Crippen molar-refractivity contribution < 1.29 is 9.22 Å². The maximum atomic E-state index is 12.4. The van der Waals surface area contributed by atoms with Crippen molar-refractivity contribution in [1.29, 1.82) is 0 Å². The predicted octanol–water partition coefficient (Wildman–Crippen LogP) is 5.58. The number of hydrogen-bond acceptors (Lipinski definition) is 2. The van der Waals surface area contributed by atoms with Gasteiger partial charge in [0.2, 0.25) is 0 Å². The summed E-state index contributed by atoms with van der Waals surface area (Å²) in [4.78, 5) is 12.4. The first kappa shape index (κ1) is 19.2. The Kier molecular flexibility index (Phi) is 4.78. The molecule has 0 spiro atoms. The van der Waals surface area contributed by atoms with E-state index in [1.807, 2.05) is 0 Å². The number of rotatable bonds is 4. The van der Waals surface area contributed by atoms with E-state index in [0.717, 1.165) is 25.7 Å². The zero-order chi connectivity index (χ0) is 18.5. The Morgan fingerprint density at radius 3 is 2.48 bits per heavy atom. The van der Waals surface area contributed by atoms with Gasteiger partial charge in [0.25, 0.3) is 0 Å². The zero-order valence-corrected chi connectivity index (χ0v) is 18.1. The topological polar surface area (TPSA) is 26.3 Å². The third-order valence-corrected chi connectivity index (χ3v) is 8.01. The van der Waals surface area contributed by atoms with Gasteiger partial charge in [0, 0.05) is 18.8 Å². The maximum absolute atomic E-state index is 12.4. The number of carbonyl (C=O) groups excluding carboxylic acids is 1. The van der Waals surface area contributed by atoms with Crippen molar-refractivity contribution in [1.82, 2.24) is 0 Å². The molecule has 0 aromatic rings. The van der Waals surface area contributed by atoms with Gasteiger partial charge < -0.3 is 4.43 Å². The second-order valence-corrected chi connectivity index (χ2v) is 15.0. The van der Waals surface area contributed by atoms with Gasteiger partial charge in [-0.25, -0.2) is 0 Å². The van der Waals surface area contributed by atoms with Crippen molar-refractivity contribution in [2.24, 2.45) is 22.7 Å². The highest BCUT2D eigenvalue weighted by Crippen LogP contribution is 2.68. The summed E-state index contributed by atoms with van der Waals surface area (Å²) in [5, 5.41) is 0. The van der Waals surface area contributed by atoms with Crippen molar-refractivity contribution in [2.75, 3.05) is 0 Å². The number of ketones is 1. The second-order valence-electron chi connectivity index (χ2n) is 10.6. The summed E-state index contributed by atoms with van der Waals surface area (Å²) in [6.45, 7) is 13.3. The van der Waals surface area contributed by atoms with Crippen LogP contribution in [0.1, 0.15) is 72.1 Å². The molecular weight excluding hydrogens is 324 g/mol. The molecule has 140 valence electrons. The highest BCUT2D eigenvalue weighted by Gasteiger charge is 2.61. The van der Waals surface area contributed by atoms with Crippen LogP contribution in [-0.4, -0.2) is 19.7 Å². The minimum atomic E-state index is -1.58. The van der Waals surface area contributed by atoms with E-state index in [1.54, 1.807) is 0 Å². The SMILES string of the molecule is CC(C)(C#CCC1([C@H]2CCC3C(=O)CCC[C@@]32C)CC1)O[Si](C)(C)C. The first-order chi connectivity index (χ1) is 11.5. The molecule has 0 aromatic carbocycles. The largest absolute Gasteiger partial charge is 0.402 e. The van der Waals surface area contributed by atoms with E-state index >= 15 is 0 Å². The van der Waals surface area contributed by atoms with Crippen molar-refractivity contribution in [2.45, 2.75) is 97.4 Å². The van der Waals surface area contributed by atoms with Crippen molar-refractivity contribution in [3.05, 3.63) is 0 Å². The smallest absolute Gasteiger partial charge is 0.185 e. The standard InChI is InChI=1S/C22H36O2Si/c1-20(2,24-25(4,5)6)12-8-14-22(15-16-22)19-11-10-17-18(23)9-7-13-21(17,19)3/h17,19H,7,9-11,13-16H2,1-6H3/t17?,19-,21-/m0/s1.